The first kappa shape index (κ1) is 13.9. The van der Waals surface area contributed by atoms with Crippen LogP contribution in [0.15, 0.2) is 0 Å². The molecule has 1 saturated carbocycles. The summed E-state index contributed by atoms with van der Waals surface area (Å²) >= 11 is 0. The molecule has 0 atom stereocenters. The number of carbonyl (C=O) groups is 1. The van der Waals surface area contributed by atoms with E-state index in [9.17, 15) is 4.79 Å². The first-order chi connectivity index (χ1) is 9.04. The molecule has 2 N–H and O–H groups in total. The summed E-state index contributed by atoms with van der Waals surface area (Å²) in [7, 11) is 1.65. The van der Waals surface area contributed by atoms with Crippen molar-refractivity contribution >= 4 is 11.6 Å². The number of ether oxygens (including phenoxy) is 1. The highest BCUT2D eigenvalue weighted by molar-refractivity contribution is 5.77. The SMILES string of the molecule is COCCN(C(=O)Cn1nc(C)c(N)c1C)C1CC1. The Hall–Kier alpha value is -1.56. The Balaban J connectivity index is 2.03. The van der Waals surface area contributed by atoms with Crippen molar-refractivity contribution in [3.63, 3.8) is 0 Å². The summed E-state index contributed by atoms with van der Waals surface area (Å²) < 4.78 is 6.75. The third-order valence-corrected chi connectivity index (χ3v) is 3.57. The molecule has 19 heavy (non-hydrogen) atoms. The lowest BCUT2D eigenvalue weighted by Crippen LogP contribution is -2.38. The molecule has 1 fully saturated rings. The highest BCUT2D eigenvalue weighted by Gasteiger charge is 2.32. The predicted molar refractivity (Wildman–Crippen MR) is 72.7 cm³/mol. The van der Waals surface area contributed by atoms with Gasteiger partial charge in [0.15, 0.2) is 0 Å². The highest BCUT2D eigenvalue weighted by Crippen LogP contribution is 2.27. The molecule has 0 saturated heterocycles. The van der Waals surface area contributed by atoms with Crippen molar-refractivity contribution in [1.82, 2.24) is 14.7 Å². The second kappa shape index (κ2) is 5.61. The molecular formula is C13H22N4O2. The number of nitrogens with zero attached hydrogens (tertiary/aromatic N) is 3. The fourth-order valence-electron chi connectivity index (χ4n) is 2.17. The molecule has 0 bridgehead atoms. The second-order valence-corrected chi connectivity index (χ2v) is 5.05. The molecule has 2 rings (SSSR count). The van der Waals surface area contributed by atoms with E-state index in [2.05, 4.69) is 5.10 Å². The Bertz CT molecular complexity index is 465. The van der Waals surface area contributed by atoms with E-state index < -0.39 is 0 Å². The van der Waals surface area contributed by atoms with Crippen LogP contribution in [0.5, 0.6) is 0 Å². The number of hydrogen-bond donors (Lipinski definition) is 1. The summed E-state index contributed by atoms with van der Waals surface area (Å²) in [5.41, 5.74) is 8.18. The standard InChI is InChI=1S/C13H22N4O2/c1-9-13(14)10(2)17(15-9)8-12(18)16(6-7-19-3)11-4-5-11/h11H,4-8,14H2,1-3H3. The summed E-state index contributed by atoms with van der Waals surface area (Å²) in [6.45, 7) is 5.21. The fourth-order valence-corrected chi connectivity index (χ4v) is 2.17. The third kappa shape index (κ3) is 3.07. The lowest BCUT2D eigenvalue weighted by atomic mass is 10.3. The zero-order valence-corrected chi connectivity index (χ0v) is 11.8. The largest absolute Gasteiger partial charge is 0.396 e. The second-order valence-electron chi connectivity index (χ2n) is 5.05. The van der Waals surface area contributed by atoms with E-state index in [0.717, 1.165) is 24.2 Å². The number of anilines is 1. The van der Waals surface area contributed by atoms with Crippen LogP contribution in [0, 0.1) is 13.8 Å². The van der Waals surface area contributed by atoms with Gasteiger partial charge in [-0.05, 0) is 26.7 Å². The molecule has 1 aliphatic carbocycles. The number of nitrogen functional groups attached to an aromatic ring is 1. The van der Waals surface area contributed by atoms with Crippen LogP contribution in [0.4, 0.5) is 5.69 Å². The van der Waals surface area contributed by atoms with Crippen LogP contribution >= 0.6 is 0 Å². The van der Waals surface area contributed by atoms with E-state index in [1.165, 1.54) is 0 Å². The molecule has 0 aromatic carbocycles. The molecule has 106 valence electrons. The van der Waals surface area contributed by atoms with Gasteiger partial charge in [-0.25, -0.2) is 0 Å². The first-order valence-electron chi connectivity index (χ1n) is 6.62. The molecule has 1 heterocycles. The van der Waals surface area contributed by atoms with Gasteiger partial charge < -0.3 is 15.4 Å². The molecule has 1 aromatic heterocycles. The van der Waals surface area contributed by atoms with Gasteiger partial charge in [0.05, 0.1) is 23.7 Å². The first-order valence-corrected chi connectivity index (χ1v) is 6.62. The van der Waals surface area contributed by atoms with Gasteiger partial charge in [-0.15, -0.1) is 0 Å². The summed E-state index contributed by atoms with van der Waals surface area (Å²) in [5, 5.41) is 4.31. The van der Waals surface area contributed by atoms with Crippen LogP contribution in [-0.4, -0.2) is 46.9 Å². The number of nitrogens with two attached hydrogens (primary N) is 1. The van der Waals surface area contributed by atoms with Crippen LogP contribution in [0.25, 0.3) is 0 Å². The van der Waals surface area contributed by atoms with Gasteiger partial charge in [-0.2, -0.15) is 5.10 Å². The molecule has 1 amide bonds. The average molecular weight is 266 g/mol. The Labute approximate surface area is 113 Å². The van der Waals surface area contributed by atoms with Crippen LogP contribution in [0.1, 0.15) is 24.2 Å². The van der Waals surface area contributed by atoms with Gasteiger partial charge in [-0.3, -0.25) is 9.48 Å². The summed E-state index contributed by atoms with van der Waals surface area (Å²) in [6.07, 6.45) is 2.18. The molecule has 0 unspecified atom stereocenters. The van der Waals surface area contributed by atoms with Crippen LogP contribution in [0.3, 0.4) is 0 Å². The molecular weight excluding hydrogens is 244 g/mol. The smallest absolute Gasteiger partial charge is 0.244 e. The van der Waals surface area contributed by atoms with Crippen molar-refractivity contribution in [2.24, 2.45) is 0 Å². The van der Waals surface area contributed by atoms with E-state index in [1.807, 2.05) is 18.7 Å². The molecule has 6 nitrogen and oxygen atoms in total. The van der Waals surface area contributed by atoms with Gasteiger partial charge in [0.25, 0.3) is 0 Å². The molecule has 6 heteroatoms. The van der Waals surface area contributed by atoms with Crippen molar-refractivity contribution in [2.45, 2.75) is 39.3 Å². The zero-order valence-electron chi connectivity index (χ0n) is 11.8. The van der Waals surface area contributed by atoms with Crippen molar-refractivity contribution in [3.8, 4) is 0 Å². The molecule has 0 aliphatic heterocycles. The Kier molecular flexibility index (Phi) is 4.09. The Morgan fingerprint density at radius 3 is 2.68 bits per heavy atom. The minimum absolute atomic E-state index is 0.0881. The monoisotopic (exact) mass is 266 g/mol. The normalized spacial score (nSPS) is 14.7. The number of amides is 1. The van der Waals surface area contributed by atoms with E-state index >= 15 is 0 Å². The maximum atomic E-state index is 12.3. The van der Waals surface area contributed by atoms with Crippen LogP contribution in [0.2, 0.25) is 0 Å². The summed E-state index contributed by atoms with van der Waals surface area (Å²) in [5.74, 6) is 0.0881. The lowest BCUT2D eigenvalue weighted by Gasteiger charge is -2.22. The van der Waals surface area contributed by atoms with Crippen molar-refractivity contribution in [2.75, 3.05) is 26.0 Å². The minimum atomic E-state index is 0.0881. The molecule has 1 aromatic rings. The van der Waals surface area contributed by atoms with Gasteiger partial charge >= 0.3 is 0 Å². The topological polar surface area (TPSA) is 73.4 Å². The maximum Gasteiger partial charge on any atom is 0.244 e. The summed E-state index contributed by atoms with van der Waals surface area (Å²) in [6, 6.07) is 0.386. The molecule has 0 spiro atoms. The van der Waals surface area contributed by atoms with Crippen molar-refractivity contribution < 1.29 is 9.53 Å². The van der Waals surface area contributed by atoms with E-state index in [1.54, 1.807) is 11.8 Å². The van der Waals surface area contributed by atoms with Gasteiger partial charge in [0.1, 0.15) is 6.54 Å². The minimum Gasteiger partial charge on any atom is -0.396 e. The number of methoxy groups -OCH3 is 1. The van der Waals surface area contributed by atoms with Gasteiger partial charge in [0.2, 0.25) is 5.91 Å². The lowest BCUT2D eigenvalue weighted by molar-refractivity contribution is -0.133. The maximum absolute atomic E-state index is 12.3. The third-order valence-electron chi connectivity index (χ3n) is 3.57. The number of hydrogen-bond acceptors (Lipinski definition) is 4. The number of rotatable bonds is 6. The van der Waals surface area contributed by atoms with E-state index in [4.69, 9.17) is 10.5 Å². The predicted octanol–water partition coefficient (Wildman–Crippen LogP) is 0.720. The van der Waals surface area contributed by atoms with Gasteiger partial charge in [-0.1, -0.05) is 0 Å². The Morgan fingerprint density at radius 2 is 2.21 bits per heavy atom. The molecule has 0 radical (unpaired) electrons. The number of aromatic nitrogens is 2. The fraction of sp³-hybridized carbons (Fsp3) is 0.692. The molecule has 1 aliphatic rings. The quantitative estimate of drug-likeness (QED) is 0.823. The van der Waals surface area contributed by atoms with Crippen molar-refractivity contribution in [3.05, 3.63) is 11.4 Å². The number of carbonyl (C=O) groups excluding carboxylic acids is 1. The average Bonchev–Trinajstić information content (AvgIpc) is 3.17. The van der Waals surface area contributed by atoms with E-state index in [-0.39, 0.29) is 12.5 Å². The Morgan fingerprint density at radius 1 is 1.53 bits per heavy atom. The number of aryl methyl sites for hydroxylation is 1. The zero-order chi connectivity index (χ0) is 14.0. The highest BCUT2D eigenvalue weighted by atomic mass is 16.5. The van der Waals surface area contributed by atoms with E-state index in [0.29, 0.717) is 24.9 Å². The summed E-state index contributed by atoms with van der Waals surface area (Å²) in [4.78, 5) is 14.2. The van der Waals surface area contributed by atoms with Crippen molar-refractivity contribution in [1.29, 1.82) is 0 Å². The van der Waals surface area contributed by atoms with Crippen LogP contribution in [-0.2, 0) is 16.1 Å². The van der Waals surface area contributed by atoms with Crippen LogP contribution < -0.4 is 5.73 Å². The van der Waals surface area contributed by atoms with Gasteiger partial charge in [0, 0.05) is 19.7 Å².